The van der Waals surface area contributed by atoms with Crippen LogP contribution in [0.25, 0.3) is 0 Å². The predicted octanol–water partition coefficient (Wildman–Crippen LogP) is 2.59. The van der Waals surface area contributed by atoms with Crippen molar-refractivity contribution in [3.05, 3.63) is 34.6 Å². The van der Waals surface area contributed by atoms with Crippen molar-refractivity contribution in [3.63, 3.8) is 0 Å². The molecule has 3 nitrogen and oxygen atoms in total. The molecule has 1 aromatic rings. The Kier molecular flexibility index (Phi) is 5.78. The van der Waals surface area contributed by atoms with Gasteiger partial charge in [0.25, 0.3) is 0 Å². The first-order valence-electron chi connectivity index (χ1n) is 7.15. The van der Waals surface area contributed by atoms with E-state index < -0.39 is 6.10 Å². The Bertz CT molecular complexity index is 438. The lowest BCUT2D eigenvalue weighted by Gasteiger charge is -2.22. The van der Waals surface area contributed by atoms with Gasteiger partial charge >= 0.3 is 0 Å². The van der Waals surface area contributed by atoms with Crippen LogP contribution in [0, 0.1) is 5.82 Å². The third kappa shape index (κ3) is 4.42. The van der Waals surface area contributed by atoms with Crippen LogP contribution in [0.15, 0.2) is 18.2 Å². The van der Waals surface area contributed by atoms with E-state index >= 15 is 0 Å². The second kappa shape index (κ2) is 7.36. The zero-order chi connectivity index (χ0) is 14.5. The fraction of sp³-hybridized carbons (Fsp3) is 0.600. The van der Waals surface area contributed by atoms with Gasteiger partial charge in [0.15, 0.2) is 0 Å². The van der Waals surface area contributed by atoms with E-state index in [1.807, 2.05) is 6.92 Å². The summed E-state index contributed by atoms with van der Waals surface area (Å²) in [5.41, 5.74) is 0.849. The molecule has 1 heterocycles. The van der Waals surface area contributed by atoms with Crippen LogP contribution < -0.4 is 5.32 Å². The molecule has 2 unspecified atom stereocenters. The van der Waals surface area contributed by atoms with Gasteiger partial charge in [0.1, 0.15) is 5.82 Å². The number of hydrogen-bond donors (Lipinski definition) is 2. The number of hydrogen-bond acceptors (Lipinski definition) is 3. The van der Waals surface area contributed by atoms with Crippen molar-refractivity contribution in [2.24, 2.45) is 0 Å². The van der Waals surface area contributed by atoms with Crippen LogP contribution in [0.3, 0.4) is 0 Å². The smallest absolute Gasteiger partial charge is 0.124 e. The van der Waals surface area contributed by atoms with E-state index in [1.54, 1.807) is 6.07 Å². The second-order valence-electron chi connectivity index (χ2n) is 5.46. The van der Waals surface area contributed by atoms with Gasteiger partial charge in [-0.25, -0.2) is 4.39 Å². The summed E-state index contributed by atoms with van der Waals surface area (Å²) in [7, 11) is 0. The second-order valence-corrected chi connectivity index (χ2v) is 5.86. The highest BCUT2D eigenvalue weighted by molar-refractivity contribution is 6.31. The molecule has 0 radical (unpaired) electrons. The summed E-state index contributed by atoms with van der Waals surface area (Å²) in [6, 6.07) is 4.38. The number of aliphatic hydroxyl groups excluding tert-OH is 1. The molecule has 0 spiro atoms. The number of aliphatic hydroxyl groups is 1. The van der Waals surface area contributed by atoms with E-state index in [-0.39, 0.29) is 11.9 Å². The summed E-state index contributed by atoms with van der Waals surface area (Å²) in [6.07, 6.45) is 2.05. The number of nitrogens with one attached hydrogen (secondary N) is 1. The fourth-order valence-corrected chi connectivity index (χ4v) is 2.93. The van der Waals surface area contributed by atoms with Gasteiger partial charge in [0.2, 0.25) is 0 Å². The molecule has 2 N–H and O–H groups in total. The van der Waals surface area contributed by atoms with Gasteiger partial charge in [-0.2, -0.15) is 0 Å². The highest BCUT2D eigenvalue weighted by Crippen LogP contribution is 2.23. The zero-order valence-corrected chi connectivity index (χ0v) is 12.5. The van der Waals surface area contributed by atoms with E-state index in [4.69, 9.17) is 11.6 Å². The molecule has 2 atom stereocenters. The molecule has 0 aliphatic carbocycles. The fourth-order valence-electron chi connectivity index (χ4n) is 2.60. The van der Waals surface area contributed by atoms with Crippen molar-refractivity contribution in [2.45, 2.75) is 31.9 Å². The maximum atomic E-state index is 13.0. The molecular weight excluding hydrogens is 279 g/mol. The molecule has 1 fully saturated rings. The van der Waals surface area contributed by atoms with Gasteiger partial charge in [-0.3, -0.25) is 0 Å². The number of β-amino-alcohol motifs (C(OH)–C–C–N with tert-alkyl or cyclic N) is 1. The van der Waals surface area contributed by atoms with Gasteiger partial charge < -0.3 is 15.3 Å². The van der Waals surface area contributed by atoms with Crippen LogP contribution in [-0.2, 0) is 0 Å². The average Bonchev–Trinajstić information content (AvgIpc) is 2.89. The monoisotopic (exact) mass is 300 g/mol. The molecule has 20 heavy (non-hydrogen) atoms. The Morgan fingerprint density at radius 1 is 1.40 bits per heavy atom. The van der Waals surface area contributed by atoms with Crippen LogP contribution in [-0.4, -0.2) is 42.3 Å². The minimum Gasteiger partial charge on any atom is -0.390 e. The maximum Gasteiger partial charge on any atom is 0.124 e. The van der Waals surface area contributed by atoms with Crippen molar-refractivity contribution in [1.29, 1.82) is 0 Å². The lowest BCUT2D eigenvalue weighted by molar-refractivity contribution is 0.121. The van der Waals surface area contributed by atoms with Crippen LogP contribution in [0.2, 0.25) is 5.02 Å². The van der Waals surface area contributed by atoms with Gasteiger partial charge in [0, 0.05) is 24.2 Å². The lowest BCUT2D eigenvalue weighted by atomic mass is 10.1. The molecular formula is C15H22ClFN2O. The molecule has 2 rings (SSSR count). The Labute approximate surface area is 124 Å². The number of rotatable bonds is 6. The van der Waals surface area contributed by atoms with Crippen molar-refractivity contribution < 1.29 is 9.50 Å². The molecule has 0 saturated carbocycles. The lowest BCUT2D eigenvalue weighted by Crippen LogP contribution is -2.37. The maximum absolute atomic E-state index is 13.0. The summed E-state index contributed by atoms with van der Waals surface area (Å²) < 4.78 is 13.0. The van der Waals surface area contributed by atoms with Gasteiger partial charge in [-0.05, 0) is 50.6 Å². The first-order valence-corrected chi connectivity index (χ1v) is 7.53. The molecule has 112 valence electrons. The molecule has 0 bridgehead atoms. The van der Waals surface area contributed by atoms with Crippen LogP contribution in [0.5, 0.6) is 0 Å². The number of nitrogens with zero attached hydrogens (tertiary/aromatic N) is 1. The summed E-state index contributed by atoms with van der Waals surface area (Å²) in [5, 5.41) is 13.7. The van der Waals surface area contributed by atoms with E-state index in [1.165, 1.54) is 25.0 Å². The molecule has 1 aliphatic heterocycles. The predicted molar refractivity (Wildman–Crippen MR) is 79.5 cm³/mol. The average molecular weight is 301 g/mol. The quantitative estimate of drug-likeness (QED) is 0.848. The molecule has 1 aromatic carbocycles. The number of benzene rings is 1. The van der Waals surface area contributed by atoms with Crippen LogP contribution in [0.1, 0.15) is 31.4 Å². The molecule has 5 heteroatoms. The summed E-state index contributed by atoms with van der Waals surface area (Å²) >= 11 is 6.03. The van der Waals surface area contributed by atoms with Crippen molar-refractivity contribution in [2.75, 3.05) is 26.2 Å². The van der Waals surface area contributed by atoms with E-state index in [2.05, 4.69) is 10.2 Å². The summed E-state index contributed by atoms with van der Waals surface area (Å²) in [4.78, 5) is 2.28. The van der Waals surface area contributed by atoms with Crippen molar-refractivity contribution in [1.82, 2.24) is 10.2 Å². The third-order valence-electron chi connectivity index (χ3n) is 3.76. The van der Waals surface area contributed by atoms with Gasteiger partial charge in [-0.1, -0.05) is 17.7 Å². The Morgan fingerprint density at radius 3 is 2.75 bits per heavy atom. The number of halogens is 2. The van der Waals surface area contributed by atoms with Crippen LogP contribution in [0.4, 0.5) is 4.39 Å². The molecule has 1 saturated heterocycles. The molecule has 0 aromatic heterocycles. The van der Waals surface area contributed by atoms with Crippen molar-refractivity contribution >= 4 is 11.6 Å². The minimum absolute atomic E-state index is 0.0173. The number of likely N-dealkylation sites (tertiary alicyclic amines) is 1. The molecule has 0 amide bonds. The van der Waals surface area contributed by atoms with E-state index in [0.29, 0.717) is 18.1 Å². The first kappa shape index (κ1) is 15.7. The largest absolute Gasteiger partial charge is 0.390 e. The van der Waals surface area contributed by atoms with E-state index in [0.717, 1.165) is 18.7 Å². The van der Waals surface area contributed by atoms with E-state index in [9.17, 15) is 9.50 Å². The molecule has 1 aliphatic rings. The highest BCUT2D eigenvalue weighted by atomic mass is 35.5. The third-order valence-corrected chi connectivity index (χ3v) is 4.08. The SMILES string of the molecule is CC(NCC(O)CN1CCCC1)c1ccc(F)cc1Cl. The van der Waals surface area contributed by atoms with Crippen LogP contribution >= 0.6 is 11.6 Å². The normalized spacial score (nSPS) is 19.2. The Hall–Kier alpha value is -0.680. The summed E-state index contributed by atoms with van der Waals surface area (Å²) in [6.45, 7) is 5.33. The van der Waals surface area contributed by atoms with Crippen molar-refractivity contribution in [3.8, 4) is 0 Å². The topological polar surface area (TPSA) is 35.5 Å². The minimum atomic E-state index is -0.394. The highest BCUT2D eigenvalue weighted by Gasteiger charge is 2.17. The first-order chi connectivity index (χ1) is 9.56. The Morgan fingerprint density at radius 2 is 2.10 bits per heavy atom. The van der Waals surface area contributed by atoms with Gasteiger partial charge in [-0.15, -0.1) is 0 Å². The summed E-state index contributed by atoms with van der Waals surface area (Å²) in [5.74, 6) is -0.333. The Balaban J connectivity index is 1.80. The standard InChI is InChI=1S/C15H22ClFN2O/c1-11(14-5-4-12(17)8-15(14)16)18-9-13(20)10-19-6-2-3-7-19/h4-5,8,11,13,18,20H,2-3,6-7,9-10H2,1H3. The zero-order valence-electron chi connectivity index (χ0n) is 11.8. The van der Waals surface area contributed by atoms with Gasteiger partial charge in [0.05, 0.1) is 6.10 Å².